The minimum Gasteiger partial charge on any atom is -0.497 e. The minimum atomic E-state index is -0.169. The minimum absolute atomic E-state index is 0.0893. The third-order valence-corrected chi connectivity index (χ3v) is 4.93. The number of amides is 1. The summed E-state index contributed by atoms with van der Waals surface area (Å²) in [5, 5.41) is 11.7. The van der Waals surface area contributed by atoms with Gasteiger partial charge in [0.1, 0.15) is 5.75 Å². The second-order valence-corrected chi connectivity index (χ2v) is 7.16. The summed E-state index contributed by atoms with van der Waals surface area (Å²) in [6.45, 7) is 1.91. The van der Waals surface area contributed by atoms with E-state index in [0.29, 0.717) is 29.6 Å². The molecule has 6 nitrogen and oxygen atoms in total. The maximum atomic E-state index is 12.2. The summed E-state index contributed by atoms with van der Waals surface area (Å²) in [7, 11) is 1.65. The molecule has 3 aromatic rings. The number of benzene rings is 2. The predicted molar refractivity (Wildman–Crippen MR) is 111 cm³/mol. The van der Waals surface area contributed by atoms with Crippen LogP contribution in [0, 0.1) is 0 Å². The van der Waals surface area contributed by atoms with Crippen molar-refractivity contribution < 1.29 is 13.9 Å². The van der Waals surface area contributed by atoms with Crippen LogP contribution in [-0.4, -0.2) is 23.2 Å². The van der Waals surface area contributed by atoms with Crippen LogP contribution in [0.1, 0.15) is 42.3 Å². The fraction of sp³-hybridized carbons (Fsp3) is 0.318. The van der Waals surface area contributed by atoms with E-state index in [0.717, 1.165) is 23.3 Å². The topological polar surface area (TPSA) is 77.2 Å². The number of methoxy groups -OCH3 is 1. The van der Waals surface area contributed by atoms with Gasteiger partial charge in [0.15, 0.2) is 0 Å². The number of nitrogens with one attached hydrogen (secondary N) is 1. The molecule has 29 heavy (non-hydrogen) atoms. The molecule has 1 amide bonds. The molecule has 2 aromatic carbocycles. The van der Waals surface area contributed by atoms with E-state index >= 15 is 0 Å². The van der Waals surface area contributed by atoms with E-state index in [1.165, 1.54) is 0 Å². The van der Waals surface area contributed by atoms with Gasteiger partial charge in [-0.05, 0) is 42.7 Å². The number of rotatable bonds is 9. The Labute approximate surface area is 175 Å². The fourth-order valence-corrected chi connectivity index (χ4v) is 3.31. The van der Waals surface area contributed by atoms with Crippen molar-refractivity contribution in [2.75, 3.05) is 7.11 Å². The quantitative estimate of drug-likeness (QED) is 0.565. The van der Waals surface area contributed by atoms with Crippen LogP contribution in [0.4, 0.5) is 0 Å². The molecule has 0 aliphatic heterocycles. The van der Waals surface area contributed by atoms with Crippen molar-refractivity contribution >= 4 is 17.5 Å². The summed E-state index contributed by atoms with van der Waals surface area (Å²) in [5.74, 6) is 1.76. The molecule has 0 saturated heterocycles. The van der Waals surface area contributed by atoms with Crippen LogP contribution in [0.2, 0.25) is 5.02 Å². The lowest BCUT2D eigenvalue weighted by molar-refractivity contribution is -0.121. The van der Waals surface area contributed by atoms with Gasteiger partial charge in [-0.15, -0.1) is 10.2 Å². The van der Waals surface area contributed by atoms with E-state index in [1.807, 2.05) is 55.5 Å². The summed E-state index contributed by atoms with van der Waals surface area (Å²) >= 11 is 6.18. The number of aromatic nitrogens is 2. The molecule has 1 aromatic heterocycles. The van der Waals surface area contributed by atoms with Crippen molar-refractivity contribution in [3.8, 4) is 5.75 Å². The molecule has 0 unspecified atom stereocenters. The van der Waals surface area contributed by atoms with Crippen LogP contribution < -0.4 is 10.1 Å². The molecule has 0 radical (unpaired) electrons. The van der Waals surface area contributed by atoms with Gasteiger partial charge in [-0.25, -0.2) is 0 Å². The van der Waals surface area contributed by atoms with Gasteiger partial charge in [-0.1, -0.05) is 41.9 Å². The smallest absolute Gasteiger partial charge is 0.220 e. The zero-order valence-corrected chi connectivity index (χ0v) is 17.3. The van der Waals surface area contributed by atoms with Crippen molar-refractivity contribution in [2.24, 2.45) is 0 Å². The second-order valence-electron chi connectivity index (χ2n) is 6.75. The number of ether oxygens (including phenoxy) is 1. The third kappa shape index (κ3) is 6.06. The average molecular weight is 414 g/mol. The summed E-state index contributed by atoms with van der Waals surface area (Å²) in [6, 6.07) is 15.2. The van der Waals surface area contributed by atoms with Gasteiger partial charge in [0.25, 0.3) is 0 Å². The molecule has 152 valence electrons. The highest BCUT2D eigenvalue weighted by atomic mass is 35.5. The second kappa shape index (κ2) is 10.1. The first-order valence-electron chi connectivity index (χ1n) is 9.53. The largest absolute Gasteiger partial charge is 0.497 e. The van der Waals surface area contributed by atoms with E-state index in [1.54, 1.807) is 7.11 Å². The first-order valence-corrected chi connectivity index (χ1v) is 9.91. The zero-order chi connectivity index (χ0) is 20.6. The Kier molecular flexibility index (Phi) is 7.25. The molecule has 3 rings (SSSR count). The third-order valence-electron chi connectivity index (χ3n) is 4.59. The molecule has 7 heteroatoms. The van der Waals surface area contributed by atoms with E-state index in [2.05, 4.69) is 15.5 Å². The van der Waals surface area contributed by atoms with E-state index < -0.39 is 0 Å². The standard InChI is InChI=1S/C22H24ClN3O3/c1-15(18-8-3-4-9-19(18)23)24-20(27)11-13-22-26-25-21(29-22)12-10-16-6-5-7-17(14-16)28-2/h3-9,14-15H,10-13H2,1-2H3,(H,24,27)/t15-/m0/s1. The van der Waals surface area contributed by atoms with Crippen LogP contribution in [-0.2, 0) is 24.1 Å². The van der Waals surface area contributed by atoms with Crippen molar-refractivity contribution in [3.63, 3.8) is 0 Å². The van der Waals surface area contributed by atoms with Crippen molar-refractivity contribution in [1.29, 1.82) is 0 Å². The molecular formula is C22H24ClN3O3. The van der Waals surface area contributed by atoms with Crippen molar-refractivity contribution in [1.82, 2.24) is 15.5 Å². The lowest BCUT2D eigenvalue weighted by Gasteiger charge is -2.15. The number of halogens is 1. The summed E-state index contributed by atoms with van der Waals surface area (Å²) in [5.41, 5.74) is 2.03. The number of hydrogen-bond donors (Lipinski definition) is 1. The van der Waals surface area contributed by atoms with E-state index in [-0.39, 0.29) is 18.4 Å². The Morgan fingerprint density at radius 1 is 1.10 bits per heavy atom. The van der Waals surface area contributed by atoms with Gasteiger partial charge in [0.05, 0.1) is 13.2 Å². The Balaban J connectivity index is 1.46. The molecule has 0 aliphatic carbocycles. The maximum absolute atomic E-state index is 12.2. The molecule has 0 fully saturated rings. The molecule has 1 atom stereocenters. The number of hydrogen-bond acceptors (Lipinski definition) is 5. The van der Waals surface area contributed by atoms with Crippen LogP contribution in [0.5, 0.6) is 5.75 Å². The normalized spacial score (nSPS) is 11.8. The van der Waals surface area contributed by atoms with Gasteiger partial charge in [0.2, 0.25) is 17.7 Å². The number of aryl methyl sites for hydroxylation is 3. The lowest BCUT2D eigenvalue weighted by atomic mass is 10.1. The summed E-state index contributed by atoms with van der Waals surface area (Å²) in [4.78, 5) is 12.2. The van der Waals surface area contributed by atoms with Gasteiger partial charge in [-0.3, -0.25) is 4.79 Å². The fourth-order valence-electron chi connectivity index (χ4n) is 3.01. The molecule has 0 bridgehead atoms. The van der Waals surface area contributed by atoms with Gasteiger partial charge in [-0.2, -0.15) is 0 Å². The maximum Gasteiger partial charge on any atom is 0.220 e. The number of carbonyl (C=O) groups excluding carboxylic acids is 1. The predicted octanol–water partition coefficient (Wildman–Crippen LogP) is 4.33. The first kappa shape index (κ1) is 20.9. The average Bonchev–Trinajstić information content (AvgIpc) is 3.19. The Bertz CT molecular complexity index is 958. The van der Waals surface area contributed by atoms with Crippen molar-refractivity contribution in [2.45, 2.75) is 38.6 Å². The van der Waals surface area contributed by atoms with Crippen LogP contribution in [0.15, 0.2) is 52.9 Å². The van der Waals surface area contributed by atoms with Gasteiger partial charge >= 0.3 is 0 Å². The molecular weight excluding hydrogens is 390 g/mol. The summed E-state index contributed by atoms with van der Waals surface area (Å²) < 4.78 is 10.9. The molecule has 1 heterocycles. The van der Waals surface area contributed by atoms with Crippen molar-refractivity contribution in [3.05, 3.63) is 76.5 Å². The highest BCUT2D eigenvalue weighted by Crippen LogP contribution is 2.22. The number of carbonyl (C=O) groups is 1. The van der Waals surface area contributed by atoms with Crippen LogP contribution in [0.3, 0.4) is 0 Å². The highest BCUT2D eigenvalue weighted by molar-refractivity contribution is 6.31. The first-order chi connectivity index (χ1) is 14.0. The monoisotopic (exact) mass is 413 g/mol. The van der Waals surface area contributed by atoms with E-state index in [9.17, 15) is 4.79 Å². The Morgan fingerprint density at radius 2 is 1.86 bits per heavy atom. The zero-order valence-electron chi connectivity index (χ0n) is 16.5. The Morgan fingerprint density at radius 3 is 2.62 bits per heavy atom. The molecule has 0 spiro atoms. The number of nitrogens with zero attached hydrogens (tertiary/aromatic N) is 2. The highest BCUT2D eigenvalue weighted by Gasteiger charge is 2.14. The SMILES string of the molecule is COc1cccc(CCc2nnc(CCC(=O)N[C@@H](C)c3ccccc3Cl)o2)c1. The lowest BCUT2D eigenvalue weighted by Crippen LogP contribution is -2.27. The van der Waals surface area contributed by atoms with E-state index in [4.69, 9.17) is 20.8 Å². The molecule has 1 N–H and O–H groups in total. The Hall–Kier alpha value is -2.86. The summed E-state index contributed by atoms with van der Waals surface area (Å²) in [6.07, 6.45) is 2.07. The van der Waals surface area contributed by atoms with Crippen LogP contribution >= 0.6 is 11.6 Å². The molecule has 0 saturated carbocycles. The van der Waals surface area contributed by atoms with Crippen LogP contribution in [0.25, 0.3) is 0 Å². The van der Waals surface area contributed by atoms with Gasteiger partial charge in [0, 0.05) is 24.3 Å². The molecule has 0 aliphatic rings. The van der Waals surface area contributed by atoms with Gasteiger partial charge < -0.3 is 14.5 Å².